The minimum atomic E-state index is -3.96. The van der Waals surface area contributed by atoms with Crippen LogP contribution in [0.2, 0.25) is 5.02 Å². The van der Waals surface area contributed by atoms with Crippen LogP contribution in [0, 0.1) is 6.92 Å². The van der Waals surface area contributed by atoms with Gasteiger partial charge in [0.25, 0.3) is 0 Å². The fraction of sp³-hybridized carbons (Fsp3) is 0.240. The first-order chi connectivity index (χ1) is 15.7. The van der Waals surface area contributed by atoms with Gasteiger partial charge in [-0.1, -0.05) is 54.1 Å². The van der Waals surface area contributed by atoms with E-state index in [4.69, 9.17) is 16.3 Å². The molecule has 0 fully saturated rings. The maximum atomic E-state index is 13.2. The average molecular weight is 487 g/mol. The normalized spacial score (nSPS) is 13.2. The minimum absolute atomic E-state index is 0.0670. The number of halogens is 1. The lowest BCUT2D eigenvalue weighted by atomic mass is 10.0. The number of methoxy groups -OCH3 is 1. The molecule has 0 aliphatic rings. The van der Waals surface area contributed by atoms with Gasteiger partial charge in [-0.05, 0) is 67.3 Å². The monoisotopic (exact) mass is 486 g/mol. The topological polar surface area (TPSA) is 84.5 Å². The zero-order valence-electron chi connectivity index (χ0n) is 18.7. The lowest BCUT2D eigenvalue weighted by Crippen LogP contribution is -2.48. The minimum Gasteiger partial charge on any atom is -0.496 e. The van der Waals surface area contributed by atoms with Gasteiger partial charge in [0.05, 0.1) is 18.0 Å². The van der Waals surface area contributed by atoms with E-state index in [2.05, 4.69) is 10.0 Å². The molecule has 0 aromatic heterocycles. The molecule has 0 spiro atoms. The van der Waals surface area contributed by atoms with Crippen LogP contribution < -0.4 is 14.8 Å². The molecule has 0 saturated carbocycles. The molecule has 33 heavy (non-hydrogen) atoms. The highest BCUT2D eigenvalue weighted by Gasteiger charge is 2.27. The number of amides is 1. The first-order valence-corrected chi connectivity index (χ1v) is 12.3. The number of hydrogen-bond donors (Lipinski definition) is 2. The Morgan fingerprint density at radius 2 is 1.70 bits per heavy atom. The van der Waals surface area contributed by atoms with Crippen molar-refractivity contribution in [3.05, 3.63) is 94.5 Å². The van der Waals surface area contributed by atoms with Gasteiger partial charge in [0.15, 0.2) is 0 Å². The molecule has 8 heteroatoms. The van der Waals surface area contributed by atoms with Crippen LogP contribution in [0.1, 0.15) is 29.7 Å². The summed E-state index contributed by atoms with van der Waals surface area (Å²) in [7, 11) is -2.44. The number of benzene rings is 3. The van der Waals surface area contributed by atoms with Crippen molar-refractivity contribution in [2.45, 2.75) is 37.2 Å². The Bertz CT molecular complexity index is 1200. The van der Waals surface area contributed by atoms with Crippen LogP contribution in [0.25, 0.3) is 0 Å². The fourth-order valence-electron chi connectivity index (χ4n) is 3.46. The van der Waals surface area contributed by atoms with Gasteiger partial charge < -0.3 is 10.1 Å². The van der Waals surface area contributed by atoms with Crippen molar-refractivity contribution < 1.29 is 17.9 Å². The molecule has 2 N–H and O–H groups in total. The van der Waals surface area contributed by atoms with Crippen LogP contribution in [0.4, 0.5) is 0 Å². The summed E-state index contributed by atoms with van der Waals surface area (Å²) >= 11 is 5.95. The van der Waals surface area contributed by atoms with Gasteiger partial charge in [-0.15, -0.1) is 0 Å². The molecule has 6 nitrogen and oxygen atoms in total. The van der Waals surface area contributed by atoms with Crippen LogP contribution in [0.3, 0.4) is 0 Å². The summed E-state index contributed by atoms with van der Waals surface area (Å²) in [5.41, 5.74) is 2.38. The molecule has 0 saturated heterocycles. The first-order valence-electron chi connectivity index (χ1n) is 10.5. The van der Waals surface area contributed by atoms with Crippen LogP contribution >= 0.6 is 11.6 Å². The van der Waals surface area contributed by atoms with E-state index in [0.717, 1.165) is 11.1 Å². The lowest BCUT2D eigenvalue weighted by molar-refractivity contribution is -0.123. The second kappa shape index (κ2) is 10.8. The van der Waals surface area contributed by atoms with Crippen molar-refractivity contribution in [3.8, 4) is 5.75 Å². The predicted octanol–water partition coefficient (Wildman–Crippen LogP) is 4.42. The smallest absolute Gasteiger partial charge is 0.241 e. The third kappa shape index (κ3) is 6.57. The van der Waals surface area contributed by atoms with Gasteiger partial charge in [0, 0.05) is 5.02 Å². The van der Waals surface area contributed by atoms with E-state index in [1.165, 1.54) is 19.2 Å². The predicted molar refractivity (Wildman–Crippen MR) is 130 cm³/mol. The van der Waals surface area contributed by atoms with E-state index >= 15 is 0 Å². The van der Waals surface area contributed by atoms with Crippen LogP contribution in [-0.2, 0) is 21.2 Å². The Morgan fingerprint density at radius 1 is 1.03 bits per heavy atom. The molecule has 0 aliphatic carbocycles. The van der Waals surface area contributed by atoms with Crippen molar-refractivity contribution in [2.75, 3.05) is 7.11 Å². The lowest BCUT2D eigenvalue weighted by Gasteiger charge is -2.22. The van der Waals surface area contributed by atoms with Gasteiger partial charge in [-0.25, -0.2) is 8.42 Å². The largest absolute Gasteiger partial charge is 0.496 e. The van der Waals surface area contributed by atoms with Crippen molar-refractivity contribution in [2.24, 2.45) is 0 Å². The molecule has 174 valence electrons. The highest BCUT2D eigenvalue weighted by Crippen LogP contribution is 2.22. The quantitative estimate of drug-likeness (QED) is 0.468. The van der Waals surface area contributed by atoms with Crippen LogP contribution in [0.5, 0.6) is 5.75 Å². The molecular weight excluding hydrogens is 460 g/mol. The summed E-state index contributed by atoms with van der Waals surface area (Å²) in [5, 5.41) is 3.51. The Balaban J connectivity index is 1.84. The van der Waals surface area contributed by atoms with E-state index in [-0.39, 0.29) is 17.4 Å². The van der Waals surface area contributed by atoms with E-state index in [1.807, 2.05) is 49.4 Å². The highest BCUT2D eigenvalue weighted by atomic mass is 35.5. The molecule has 3 aromatic rings. The van der Waals surface area contributed by atoms with Crippen molar-refractivity contribution in [1.82, 2.24) is 10.0 Å². The number of nitrogens with one attached hydrogen (secondary N) is 2. The molecule has 2 unspecified atom stereocenters. The molecular formula is C25H27ClN2O4S. The summed E-state index contributed by atoms with van der Waals surface area (Å²) in [6.45, 7) is 3.60. The van der Waals surface area contributed by atoms with Crippen LogP contribution in [0.15, 0.2) is 77.7 Å². The molecule has 0 aliphatic heterocycles. The van der Waals surface area contributed by atoms with Crippen molar-refractivity contribution >= 4 is 27.5 Å². The van der Waals surface area contributed by atoms with Gasteiger partial charge in [0.1, 0.15) is 11.8 Å². The molecule has 3 aromatic carbocycles. The van der Waals surface area contributed by atoms with Gasteiger partial charge in [-0.2, -0.15) is 4.72 Å². The summed E-state index contributed by atoms with van der Waals surface area (Å²) in [6.07, 6.45) is 0.203. The zero-order chi connectivity index (χ0) is 24.0. The van der Waals surface area contributed by atoms with Crippen molar-refractivity contribution in [3.63, 3.8) is 0 Å². The SMILES string of the molecule is COc1ccc(S(=O)(=O)NC(Cc2ccccc2)C(=O)NC(C)c2ccc(Cl)cc2)cc1C. The van der Waals surface area contributed by atoms with E-state index in [9.17, 15) is 13.2 Å². The Morgan fingerprint density at radius 3 is 2.30 bits per heavy atom. The average Bonchev–Trinajstić information content (AvgIpc) is 2.79. The van der Waals surface area contributed by atoms with Gasteiger partial charge in [-0.3, -0.25) is 4.79 Å². The van der Waals surface area contributed by atoms with E-state index in [0.29, 0.717) is 16.3 Å². The maximum absolute atomic E-state index is 13.2. The Hall–Kier alpha value is -2.87. The van der Waals surface area contributed by atoms with Gasteiger partial charge in [0.2, 0.25) is 15.9 Å². The molecule has 0 bridgehead atoms. The highest BCUT2D eigenvalue weighted by molar-refractivity contribution is 7.89. The summed E-state index contributed by atoms with van der Waals surface area (Å²) < 4.78 is 34.1. The number of aryl methyl sites for hydroxylation is 1. The standard InChI is InChI=1S/C25H27ClN2O4S/c1-17-15-22(13-14-24(17)32-3)33(30,31)28-23(16-19-7-5-4-6-8-19)25(29)27-18(2)20-9-11-21(26)12-10-20/h4-15,18,23,28H,16H2,1-3H3,(H,27,29). The maximum Gasteiger partial charge on any atom is 0.241 e. The molecule has 0 heterocycles. The second-order valence-electron chi connectivity index (χ2n) is 7.78. The van der Waals surface area contributed by atoms with E-state index in [1.54, 1.807) is 25.1 Å². The number of carbonyl (C=O) groups is 1. The third-order valence-corrected chi connectivity index (χ3v) is 7.02. The van der Waals surface area contributed by atoms with Crippen molar-refractivity contribution in [1.29, 1.82) is 0 Å². The molecule has 0 radical (unpaired) electrons. The van der Waals surface area contributed by atoms with Gasteiger partial charge >= 0.3 is 0 Å². The fourth-order valence-corrected chi connectivity index (χ4v) is 4.87. The number of hydrogen-bond acceptors (Lipinski definition) is 4. The van der Waals surface area contributed by atoms with E-state index < -0.39 is 22.0 Å². The number of carbonyl (C=O) groups excluding carboxylic acids is 1. The summed E-state index contributed by atoms with van der Waals surface area (Å²) in [6, 6.07) is 19.7. The first kappa shape index (κ1) is 24.8. The Kier molecular flexibility index (Phi) is 8.13. The molecule has 2 atom stereocenters. The van der Waals surface area contributed by atoms with Crippen LogP contribution in [-0.4, -0.2) is 27.5 Å². The Labute approximate surface area is 200 Å². The zero-order valence-corrected chi connectivity index (χ0v) is 20.3. The third-order valence-electron chi connectivity index (χ3n) is 5.30. The second-order valence-corrected chi connectivity index (χ2v) is 9.93. The molecule has 1 amide bonds. The summed E-state index contributed by atoms with van der Waals surface area (Å²) in [5.74, 6) is 0.166. The number of ether oxygens (including phenoxy) is 1. The summed E-state index contributed by atoms with van der Waals surface area (Å²) in [4.78, 5) is 13.3. The molecule has 3 rings (SSSR count). The number of rotatable bonds is 9. The number of sulfonamides is 1.